The van der Waals surface area contributed by atoms with E-state index < -0.39 is 0 Å². The molecule has 1 rings (SSSR count). The number of quaternary nitrogens is 1. The molecule has 0 aromatic heterocycles. The molecule has 1 N–H and O–H groups in total. The first kappa shape index (κ1) is 11.9. The molecule has 0 unspecified atom stereocenters. The van der Waals surface area contributed by atoms with E-state index in [0.29, 0.717) is 0 Å². The lowest BCUT2D eigenvalue weighted by Gasteiger charge is -2.23. The SMILES string of the molecule is C=Cc1ccc([N+](C)(C)C)cc1.[OH-]. The quantitative estimate of drug-likeness (QED) is 0.641. The van der Waals surface area contributed by atoms with Crippen molar-refractivity contribution in [3.63, 3.8) is 0 Å². The molecule has 0 radical (unpaired) electrons. The van der Waals surface area contributed by atoms with E-state index >= 15 is 0 Å². The van der Waals surface area contributed by atoms with Gasteiger partial charge in [-0.25, -0.2) is 0 Å². The molecular weight excluding hydrogens is 162 g/mol. The lowest BCUT2D eigenvalue weighted by molar-refractivity contribution is 0.486. The van der Waals surface area contributed by atoms with Crippen LogP contribution in [-0.4, -0.2) is 26.6 Å². The van der Waals surface area contributed by atoms with E-state index in [4.69, 9.17) is 0 Å². The maximum Gasteiger partial charge on any atom is 0.132 e. The third-order valence-electron chi connectivity index (χ3n) is 1.90. The van der Waals surface area contributed by atoms with Gasteiger partial charge in [0.25, 0.3) is 0 Å². The molecule has 2 nitrogen and oxygen atoms in total. The van der Waals surface area contributed by atoms with Crippen LogP contribution in [-0.2, 0) is 0 Å². The first-order valence-electron chi connectivity index (χ1n) is 4.08. The molecule has 0 fully saturated rings. The number of hydrogen-bond donors (Lipinski definition) is 0. The molecule has 0 heterocycles. The Labute approximate surface area is 80.0 Å². The number of benzene rings is 1. The summed E-state index contributed by atoms with van der Waals surface area (Å²) in [6.45, 7) is 3.72. The fourth-order valence-electron chi connectivity index (χ4n) is 1.06. The van der Waals surface area contributed by atoms with Crippen LogP contribution < -0.4 is 4.48 Å². The minimum absolute atomic E-state index is 0. The highest BCUT2D eigenvalue weighted by Gasteiger charge is 2.09. The smallest absolute Gasteiger partial charge is 0.132 e. The molecule has 0 aliphatic heterocycles. The monoisotopic (exact) mass is 179 g/mol. The van der Waals surface area contributed by atoms with Crippen LogP contribution in [0.3, 0.4) is 0 Å². The fourth-order valence-corrected chi connectivity index (χ4v) is 1.06. The summed E-state index contributed by atoms with van der Waals surface area (Å²) in [4.78, 5) is 0. The van der Waals surface area contributed by atoms with Gasteiger partial charge in [-0.3, -0.25) is 4.48 Å². The average molecular weight is 179 g/mol. The van der Waals surface area contributed by atoms with Gasteiger partial charge in [-0.15, -0.1) is 0 Å². The molecule has 13 heavy (non-hydrogen) atoms. The Bertz CT molecular complexity index is 269. The van der Waals surface area contributed by atoms with E-state index in [9.17, 15) is 0 Å². The molecule has 1 aromatic carbocycles. The summed E-state index contributed by atoms with van der Waals surface area (Å²) in [5.41, 5.74) is 2.48. The highest BCUT2D eigenvalue weighted by Crippen LogP contribution is 2.17. The summed E-state index contributed by atoms with van der Waals surface area (Å²) in [5.74, 6) is 0. The summed E-state index contributed by atoms with van der Waals surface area (Å²) < 4.78 is 0.859. The van der Waals surface area contributed by atoms with Gasteiger partial charge in [-0.2, -0.15) is 0 Å². The summed E-state index contributed by atoms with van der Waals surface area (Å²) in [6, 6.07) is 8.45. The van der Waals surface area contributed by atoms with E-state index in [2.05, 4.69) is 52.0 Å². The zero-order valence-corrected chi connectivity index (χ0v) is 8.49. The van der Waals surface area contributed by atoms with Crippen molar-refractivity contribution in [3.05, 3.63) is 36.4 Å². The van der Waals surface area contributed by atoms with Crippen molar-refractivity contribution in [2.24, 2.45) is 0 Å². The van der Waals surface area contributed by atoms with Gasteiger partial charge in [0.15, 0.2) is 0 Å². The minimum Gasteiger partial charge on any atom is -0.870 e. The zero-order valence-electron chi connectivity index (χ0n) is 8.49. The summed E-state index contributed by atoms with van der Waals surface area (Å²) in [5, 5.41) is 0. The van der Waals surface area contributed by atoms with E-state index in [0.717, 1.165) is 4.48 Å². The second kappa shape index (κ2) is 4.21. The highest BCUT2D eigenvalue weighted by atomic mass is 16.0. The van der Waals surface area contributed by atoms with Crippen LogP contribution in [0.15, 0.2) is 30.8 Å². The van der Waals surface area contributed by atoms with Gasteiger partial charge in [0.2, 0.25) is 0 Å². The Morgan fingerprint density at radius 2 is 1.54 bits per heavy atom. The Morgan fingerprint density at radius 1 is 1.08 bits per heavy atom. The second-order valence-corrected chi connectivity index (χ2v) is 3.81. The second-order valence-electron chi connectivity index (χ2n) is 3.81. The standard InChI is InChI=1S/C11H16N.H2O/c1-5-10-6-8-11(9-7-10)12(2,3)4;/h5-9H,1H2,2-4H3;1H2/q+1;/p-1. The lowest BCUT2D eigenvalue weighted by Crippen LogP contribution is -2.34. The lowest BCUT2D eigenvalue weighted by atomic mass is 10.2. The predicted octanol–water partition coefficient (Wildman–Crippen LogP) is 2.35. The number of hydrogen-bond acceptors (Lipinski definition) is 1. The van der Waals surface area contributed by atoms with Crippen LogP contribution in [0.25, 0.3) is 6.08 Å². The largest absolute Gasteiger partial charge is 0.870 e. The molecule has 72 valence electrons. The van der Waals surface area contributed by atoms with Gasteiger partial charge in [0.05, 0.1) is 21.1 Å². The van der Waals surface area contributed by atoms with Crippen molar-refractivity contribution in [2.75, 3.05) is 21.1 Å². The van der Waals surface area contributed by atoms with Crippen molar-refractivity contribution < 1.29 is 5.48 Å². The van der Waals surface area contributed by atoms with E-state index in [1.165, 1.54) is 11.3 Å². The maximum absolute atomic E-state index is 3.72. The van der Waals surface area contributed by atoms with Crippen LogP contribution in [0.5, 0.6) is 0 Å². The van der Waals surface area contributed by atoms with E-state index in [1.807, 2.05) is 6.08 Å². The summed E-state index contributed by atoms with van der Waals surface area (Å²) in [6.07, 6.45) is 1.86. The van der Waals surface area contributed by atoms with Crippen LogP contribution in [0, 0.1) is 0 Å². The van der Waals surface area contributed by atoms with Crippen LogP contribution in [0.1, 0.15) is 5.56 Å². The Hall–Kier alpha value is -1.12. The predicted molar refractivity (Wildman–Crippen MR) is 58.0 cm³/mol. The van der Waals surface area contributed by atoms with Gasteiger partial charge in [-0.1, -0.05) is 12.7 Å². The Morgan fingerprint density at radius 3 is 1.85 bits per heavy atom. The van der Waals surface area contributed by atoms with Crippen molar-refractivity contribution in [1.82, 2.24) is 4.48 Å². The van der Waals surface area contributed by atoms with E-state index in [1.54, 1.807) is 0 Å². The molecule has 0 amide bonds. The van der Waals surface area contributed by atoms with Crippen molar-refractivity contribution in [3.8, 4) is 0 Å². The Balaban J connectivity index is 0.00000144. The molecule has 0 atom stereocenters. The van der Waals surface area contributed by atoms with E-state index in [-0.39, 0.29) is 5.48 Å². The third-order valence-corrected chi connectivity index (χ3v) is 1.90. The molecule has 1 aromatic rings. The third kappa shape index (κ3) is 3.01. The molecule has 0 spiro atoms. The maximum atomic E-state index is 3.72. The number of nitrogens with zero attached hydrogens (tertiary/aromatic N) is 1. The Kier molecular flexibility index (Phi) is 3.85. The molecular formula is C11H17NO. The normalized spacial score (nSPS) is 10.4. The van der Waals surface area contributed by atoms with Gasteiger partial charge in [0, 0.05) is 0 Å². The molecule has 0 aliphatic carbocycles. The van der Waals surface area contributed by atoms with Crippen LogP contribution in [0.4, 0.5) is 5.69 Å². The summed E-state index contributed by atoms with van der Waals surface area (Å²) in [7, 11) is 6.47. The molecule has 0 bridgehead atoms. The molecule has 0 saturated heterocycles. The number of rotatable bonds is 2. The van der Waals surface area contributed by atoms with Crippen molar-refractivity contribution in [1.29, 1.82) is 0 Å². The van der Waals surface area contributed by atoms with Gasteiger partial charge < -0.3 is 5.48 Å². The van der Waals surface area contributed by atoms with Crippen molar-refractivity contribution in [2.45, 2.75) is 0 Å². The van der Waals surface area contributed by atoms with Crippen LogP contribution >= 0.6 is 0 Å². The van der Waals surface area contributed by atoms with Crippen LogP contribution in [0.2, 0.25) is 0 Å². The highest BCUT2D eigenvalue weighted by molar-refractivity contribution is 5.52. The zero-order chi connectivity index (χ0) is 9.19. The van der Waals surface area contributed by atoms with Crippen molar-refractivity contribution >= 4 is 11.8 Å². The van der Waals surface area contributed by atoms with Gasteiger partial charge in [0.1, 0.15) is 5.69 Å². The van der Waals surface area contributed by atoms with Gasteiger partial charge in [-0.05, 0) is 29.8 Å². The first-order valence-corrected chi connectivity index (χ1v) is 4.08. The molecule has 2 heteroatoms. The molecule has 0 aliphatic rings. The fraction of sp³-hybridized carbons (Fsp3) is 0.273. The van der Waals surface area contributed by atoms with Gasteiger partial charge >= 0.3 is 0 Å². The summed E-state index contributed by atoms with van der Waals surface area (Å²) >= 11 is 0. The average Bonchev–Trinajstić information content (AvgIpc) is 2.03. The first-order chi connectivity index (χ1) is 5.54. The minimum atomic E-state index is 0. The molecule has 0 saturated carbocycles. The topological polar surface area (TPSA) is 30.0 Å².